The normalized spacial score (nSPS) is 29.4. The number of aliphatic hydroxyl groups excluding tert-OH is 4. The van der Waals surface area contributed by atoms with Crippen LogP contribution in [-0.2, 0) is 0 Å². The summed E-state index contributed by atoms with van der Waals surface area (Å²) >= 11 is 0. The van der Waals surface area contributed by atoms with Crippen molar-refractivity contribution in [1.29, 1.82) is 0 Å². The zero-order valence-corrected chi connectivity index (χ0v) is 12.6. The predicted octanol–water partition coefficient (Wildman–Crippen LogP) is 1.70. The van der Waals surface area contributed by atoms with E-state index in [2.05, 4.69) is 0 Å². The van der Waals surface area contributed by atoms with Gasteiger partial charge in [-0.25, -0.2) is 0 Å². The summed E-state index contributed by atoms with van der Waals surface area (Å²) in [4.78, 5) is 0. The van der Waals surface area contributed by atoms with E-state index in [1.54, 1.807) is 0 Å². The highest BCUT2D eigenvalue weighted by Crippen LogP contribution is 2.34. The summed E-state index contributed by atoms with van der Waals surface area (Å²) in [6, 6.07) is 0. The summed E-state index contributed by atoms with van der Waals surface area (Å²) in [5, 5.41) is 35.6. The Morgan fingerprint density at radius 1 is 0.700 bits per heavy atom. The average molecular weight is 288 g/mol. The lowest BCUT2D eigenvalue weighted by molar-refractivity contribution is 0.0234. The molecule has 4 N–H and O–H groups in total. The van der Waals surface area contributed by atoms with E-state index in [9.17, 15) is 0 Å². The first-order valence-corrected chi connectivity index (χ1v) is 8.13. The van der Waals surface area contributed by atoms with Gasteiger partial charge in [-0.1, -0.05) is 25.7 Å². The van der Waals surface area contributed by atoms with Crippen molar-refractivity contribution in [1.82, 2.24) is 0 Å². The van der Waals surface area contributed by atoms with Crippen LogP contribution in [0.5, 0.6) is 0 Å². The zero-order chi connectivity index (χ0) is 14.8. The maximum Gasteiger partial charge on any atom is 0.0509 e. The Balaban J connectivity index is 0.000000200. The van der Waals surface area contributed by atoms with Crippen molar-refractivity contribution < 1.29 is 20.4 Å². The number of aliphatic hydroxyl groups is 4. The SMILES string of the molecule is OCC1(CO)CCCCC1.OCC1CCCC(CO)C1. The van der Waals surface area contributed by atoms with E-state index in [4.69, 9.17) is 20.4 Å². The molecule has 4 nitrogen and oxygen atoms in total. The Bertz CT molecular complexity index is 223. The van der Waals surface area contributed by atoms with E-state index in [0.29, 0.717) is 25.0 Å². The highest BCUT2D eigenvalue weighted by atomic mass is 16.3. The van der Waals surface area contributed by atoms with Crippen molar-refractivity contribution >= 4 is 0 Å². The van der Waals surface area contributed by atoms with Crippen LogP contribution in [0.4, 0.5) is 0 Å². The van der Waals surface area contributed by atoms with Gasteiger partial charge in [0.15, 0.2) is 0 Å². The molecule has 2 unspecified atom stereocenters. The van der Waals surface area contributed by atoms with E-state index in [-0.39, 0.29) is 18.6 Å². The minimum atomic E-state index is -0.127. The molecular weight excluding hydrogens is 256 g/mol. The van der Waals surface area contributed by atoms with Gasteiger partial charge >= 0.3 is 0 Å². The zero-order valence-electron chi connectivity index (χ0n) is 12.6. The molecule has 0 bridgehead atoms. The molecule has 2 aliphatic carbocycles. The molecule has 0 aromatic heterocycles. The van der Waals surface area contributed by atoms with Gasteiger partial charge in [0.2, 0.25) is 0 Å². The smallest absolute Gasteiger partial charge is 0.0509 e. The number of hydrogen-bond acceptors (Lipinski definition) is 4. The van der Waals surface area contributed by atoms with Crippen LogP contribution >= 0.6 is 0 Å². The van der Waals surface area contributed by atoms with Crippen molar-refractivity contribution in [2.24, 2.45) is 17.3 Å². The Kier molecular flexibility index (Phi) is 8.69. The molecule has 2 saturated carbocycles. The fourth-order valence-corrected chi connectivity index (χ4v) is 3.40. The van der Waals surface area contributed by atoms with Gasteiger partial charge in [0.1, 0.15) is 0 Å². The standard InChI is InChI=1S/2C8H16O2/c9-5-7-2-1-3-8(4-7)6-10;9-6-8(7-10)4-2-1-3-5-8/h7-10H,1-6H2;9-10H,1-7H2. The van der Waals surface area contributed by atoms with E-state index in [0.717, 1.165) is 32.1 Å². The van der Waals surface area contributed by atoms with E-state index < -0.39 is 0 Å². The minimum Gasteiger partial charge on any atom is -0.396 e. The van der Waals surface area contributed by atoms with Crippen LogP contribution in [-0.4, -0.2) is 46.9 Å². The molecule has 2 rings (SSSR count). The fraction of sp³-hybridized carbons (Fsp3) is 1.00. The summed E-state index contributed by atoms with van der Waals surface area (Å²) in [5.74, 6) is 0.928. The molecule has 0 saturated heterocycles. The van der Waals surface area contributed by atoms with Crippen molar-refractivity contribution in [3.63, 3.8) is 0 Å². The van der Waals surface area contributed by atoms with Crippen LogP contribution in [0.15, 0.2) is 0 Å². The summed E-state index contributed by atoms with van der Waals surface area (Å²) in [7, 11) is 0. The molecule has 0 aromatic rings. The van der Waals surface area contributed by atoms with E-state index in [1.165, 1.54) is 25.7 Å². The second-order valence-corrected chi connectivity index (χ2v) is 6.64. The molecule has 120 valence electrons. The molecule has 20 heavy (non-hydrogen) atoms. The quantitative estimate of drug-likeness (QED) is 0.635. The second kappa shape index (κ2) is 9.72. The van der Waals surface area contributed by atoms with E-state index in [1.807, 2.05) is 0 Å². The Morgan fingerprint density at radius 3 is 1.55 bits per heavy atom. The van der Waals surface area contributed by atoms with Crippen LogP contribution in [0, 0.1) is 17.3 Å². The maximum absolute atomic E-state index is 8.98. The van der Waals surface area contributed by atoms with Gasteiger partial charge in [-0.2, -0.15) is 0 Å². The van der Waals surface area contributed by atoms with Gasteiger partial charge in [0, 0.05) is 18.6 Å². The van der Waals surface area contributed by atoms with Crippen LogP contribution in [0.3, 0.4) is 0 Å². The molecule has 2 fully saturated rings. The minimum absolute atomic E-state index is 0.127. The van der Waals surface area contributed by atoms with Gasteiger partial charge in [0.25, 0.3) is 0 Å². The fourth-order valence-electron chi connectivity index (χ4n) is 3.40. The largest absolute Gasteiger partial charge is 0.396 e. The third kappa shape index (κ3) is 5.68. The Hall–Kier alpha value is -0.160. The molecule has 0 aliphatic heterocycles. The average Bonchev–Trinajstić information content (AvgIpc) is 2.56. The van der Waals surface area contributed by atoms with Gasteiger partial charge in [-0.15, -0.1) is 0 Å². The van der Waals surface area contributed by atoms with Crippen LogP contribution in [0.25, 0.3) is 0 Å². The molecule has 2 aliphatic rings. The van der Waals surface area contributed by atoms with Crippen molar-refractivity contribution in [2.45, 2.75) is 57.8 Å². The molecule has 2 atom stereocenters. The summed E-state index contributed by atoms with van der Waals surface area (Å²) in [6.07, 6.45) is 10.1. The van der Waals surface area contributed by atoms with Gasteiger partial charge in [0.05, 0.1) is 13.2 Å². The van der Waals surface area contributed by atoms with Crippen molar-refractivity contribution in [3.05, 3.63) is 0 Å². The lowest BCUT2D eigenvalue weighted by atomic mass is 9.75. The molecule has 0 radical (unpaired) electrons. The number of rotatable bonds is 4. The van der Waals surface area contributed by atoms with Crippen LogP contribution in [0.1, 0.15) is 57.8 Å². The summed E-state index contributed by atoms with van der Waals surface area (Å²) in [5.41, 5.74) is -0.127. The van der Waals surface area contributed by atoms with Gasteiger partial charge in [-0.05, 0) is 43.9 Å². The third-order valence-electron chi connectivity index (χ3n) is 4.99. The topological polar surface area (TPSA) is 80.9 Å². The van der Waals surface area contributed by atoms with Crippen molar-refractivity contribution in [3.8, 4) is 0 Å². The van der Waals surface area contributed by atoms with Gasteiger partial charge < -0.3 is 20.4 Å². The Labute approximate surface area is 122 Å². The molecule has 0 heterocycles. The molecule has 0 spiro atoms. The molecule has 0 aromatic carbocycles. The molecule has 0 amide bonds. The number of hydrogen-bond donors (Lipinski definition) is 4. The lowest BCUT2D eigenvalue weighted by Crippen LogP contribution is -2.31. The predicted molar refractivity (Wildman–Crippen MR) is 79.3 cm³/mol. The first kappa shape index (κ1) is 17.9. The monoisotopic (exact) mass is 288 g/mol. The lowest BCUT2D eigenvalue weighted by Gasteiger charge is -2.33. The van der Waals surface area contributed by atoms with Crippen LogP contribution in [0.2, 0.25) is 0 Å². The highest BCUT2D eigenvalue weighted by Gasteiger charge is 2.30. The second-order valence-electron chi connectivity index (χ2n) is 6.64. The first-order chi connectivity index (χ1) is 9.69. The van der Waals surface area contributed by atoms with Crippen molar-refractivity contribution in [2.75, 3.05) is 26.4 Å². The summed E-state index contributed by atoms with van der Waals surface area (Å²) in [6.45, 7) is 0.917. The highest BCUT2D eigenvalue weighted by molar-refractivity contribution is 4.81. The first-order valence-electron chi connectivity index (χ1n) is 8.13. The summed E-state index contributed by atoms with van der Waals surface area (Å²) < 4.78 is 0. The van der Waals surface area contributed by atoms with Crippen LogP contribution < -0.4 is 0 Å². The molecular formula is C16H32O4. The third-order valence-corrected chi connectivity index (χ3v) is 4.99. The molecule has 4 heteroatoms. The van der Waals surface area contributed by atoms with E-state index >= 15 is 0 Å². The van der Waals surface area contributed by atoms with Gasteiger partial charge in [-0.3, -0.25) is 0 Å². The maximum atomic E-state index is 8.98. The Morgan fingerprint density at radius 2 is 1.20 bits per heavy atom.